The third-order valence-electron chi connectivity index (χ3n) is 3.51. The normalized spacial score (nSPS) is 10.6. The molecular formula is C18H15ClN4O3S. The molecule has 1 amide bonds. The molecule has 3 rings (SSSR count). The summed E-state index contributed by atoms with van der Waals surface area (Å²) in [6.07, 6.45) is -0.0507. The molecule has 0 aliphatic heterocycles. The van der Waals surface area contributed by atoms with E-state index in [-0.39, 0.29) is 18.1 Å². The number of nitrogens with zero attached hydrogens (tertiary/aromatic N) is 2. The quantitative estimate of drug-likeness (QED) is 0.522. The van der Waals surface area contributed by atoms with Crippen LogP contribution in [0, 0.1) is 0 Å². The number of amides is 1. The van der Waals surface area contributed by atoms with Gasteiger partial charge in [0.15, 0.2) is 5.82 Å². The van der Waals surface area contributed by atoms with Crippen LogP contribution < -0.4 is 5.32 Å². The number of carbonyl (C=O) groups is 2. The van der Waals surface area contributed by atoms with Gasteiger partial charge in [-0.25, -0.2) is 4.98 Å². The van der Waals surface area contributed by atoms with Gasteiger partial charge in [-0.15, -0.1) is 5.10 Å². The van der Waals surface area contributed by atoms with Gasteiger partial charge in [0.25, 0.3) is 0 Å². The summed E-state index contributed by atoms with van der Waals surface area (Å²) in [5, 5.41) is 19.5. The molecule has 9 heteroatoms. The first-order chi connectivity index (χ1) is 13.0. The highest BCUT2D eigenvalue weighted by Gasteiger charge is 2.10. The second kappa shape index (κ2) is 8.70. The molecule has 0 unspecified atom stereocenters. The molecule has 3 N–H and O–H groups in total. The van der Waals surface area contributed by atoms with E-state index in [1.807, 2.05) is 12.1 Å². The molecule has 0 spiro atoms. The van der Waals surface area contributed by atoms with Gasteiger partial charge in [-0.3, -0.25) is 14.7 Å². The summed E-state index contributed by atoms with van der Waals surface area (Å²) >= 11 is 7.07. The summed E-state index contributed by atoms with van der Waals surface area (Å²) in [5.41, 5.74) is 2.13. The highest BCUT2D eigenvalue weighted by atomic mass is 35.5. The number of thioether (sulfide) groups is 1. The Kier molecular flexibility index (Phi) is 6.10. The van der Waals surface area contributed by atoms with E-state index in [0.717, 1.165) is 5.56 Å². The third kappa shape index (κ3) is 5.57. The van der Waals surface area contributed by atoms with E-state index in [9.17, 15) is 9.59 Å². The Hall–Kier alpha value is -2.84. The number of aromatic amines is 1. The van der Waals surface area contributed by atoms with Crippen molar-refractivity contribution in [3.8, 4) is 11.4 Å². The molecule has 0 radical (unpaired) electrons. The van der Waals surface area contributed by atoms with Gasteiger partial charge in [0.2, 0.25) is 11.1 Å². The minimum absolute atomic E-state index is 0.0507. The Morgan fingerprint density at radius 2 is 1.81 bits per heavy atom. The number of aromatic nitrogens is 3. The topological polar surface area (TPSA) is 108 Å². The van der Waals surface area contributed by atoms with Crippen molar-refractivity contribution < 1.29 is 14.7 Å². The molecule has 0 bridgehead atoms. The molecule has 0 aliphatic carbocycles. The lowest BCUT2D eigenvalue weighted by Crippen LogP contribution is -2.14. The number of hydrogen-bond acceptors (Lipinski definition) is 5. The SMILES string of the molecule is O=C(O)Cc1ccc(NC(=O)CSc2n[nH]c(-c3ccc(Cl)cc3)n2)cc1. The Labute approximate surface area is 164 Å². The largest absolute Gasteiger partial charge is 0.481 e. The van der Waals surface area contributed by atoms with E-state index in [1.54, 1.807) is 36.4 Å². The standard InChI is InChI=1S/C18H15ClN4O3S/c19-13-5-3-12(4-6-13)17-21-18(23-22-17)27-10-15(24)20-14-7-1-11(2-8-14)9-16(25)26/h1-8H,9-10H2,(H,20,24)(H,25,26)(H,21,22,23). The third-order valence-corrected chi connectivity index (χ3v) is 4.61. The number of carboxylic acid groups (broad SMARTS) is 1. The molecule has 7 nitrogen and oxygen atoms in total. The molecule has 138 valence electrons. The molecule has 0 aliphatic rings. The van der Waals surface area contributed by atoms with Crippen molar-refractivity contribution in [3.63, 3.8) is 0 Å². The van der Waals surface area contributed by atoms with E-state index in [2.05, 4.69) is 20.5 Å². The summed E-state index contributed by atoms with van der Waals surface area (Å²) in [6.45, 7) is 0. The van der Waals surface area contributed by atoms with Crippen molar-refractivity contribution in [1.82, 2.24) is 15.2 Å². The van der Waals surface area contributed by atoms with E-state index in [0.29, 0.717) is 27.3 Å². The zero-order chi connectivity index (χ0) is 19.2. The fourth-order valence-electron chi connectivity index (χ4n) is 2.26. The maximum Gasteiger partial charge on any atom is 0.307 e. The highest BCUT2D eigenvalue weighted by molar-refractivity contribution is 7.99. The van der Waals surface area contributed by atoms with Crippen LogP contribution >= 0.6 is 23.4 Å². The van der Waals surface area contributed by atoms with Gasteiger partial charge in [0, 0.05) is 16.3 Å². The summed E-state index contributed by atoms with van der Waals surface area (Å²) < 4.78 is 0. The molecule has 0 fully saturated rings. The average molecular weight is 403 g/mol. The van der Waals surface area contributed by atoms with E-state index >= 15 is 0 Å². The van der Waals surface area contributed by atoms with Crippen LogP contribution in [0.5, 0.6) is 0 Å². The smallest absolute Gasteiger partial charge is 0.307 e. The van der Waals surface area contributed by atoms with Crippen molar-refractivity contribution in [1.29, 1.82) is 0 Å². The van der Waals surface area contributed by atoms with Gasteiger partial charge in [-0.05, 0) is 42.0 Å². The molecular weight excluding hydrogens is 388 g/mol. The Balaban J connectivity index is 1.52. The molecule has 27 heavy (non-hydrogen) atoms. The molecule has 2 aromatic carbocycles. The highest BCUT2D eigenvalue weighted by Crippen LogP contribution is 2.21. The summed E-state index contributed by atoms with van der Waals surface area (Å²) in [5.74, 6) is -0.352. The first-order valence-electron chi connectivity index (χ1n) is 7.91. The van der Waals surface area contributed by atoms with Crippen molar-refractivity contribution in [3.05, 3.63) is 59.1 Å². The second-order valence-electron chi connectivity index (χ2n) is 5.58. The van der Waals surface area contributed by atoms with E-state index in [1.165, 1.54) is 11.8 Å². The Morgan fingerprint density at radius 1 is 1.11 bits per heavy atom. The average Bonchev–Trinajstić information content (AvgIpc) is 3.11. The molecule has 1 heterocycles. The van der Waals surface area contributed by atoms with Crippen molar-refractivity contribution >= 4 is 40.9 Å². The Morgan fingerprint density at radius 3 is 2.48 bits per heavy atom. The minimum Gasteiger partial charge on any atom is -0.481 e. The minimum atomic E-state index is -0.896. The van der Waals surface area contributed by atoms with Crippen LogP contribution in [0.1, 0.15) is 5.56 Å². The molecule has 0 saturated carbocycles. The van der Waals surface area contributed by atoms with Crippen LogP contribution in [-0.4, -0.2) is 37.9 Å². The van der Waals surface area contributed by atoms with Gasteiger partial charge >= 0.3 is 5.97 Å². The number of hydrogen-bond donors (Lipinski definition) is 3. The molecule has 0 saturated heterocycles. The predicted octanol–water partition coefficient (Wildman–Crippen LogP) is 3.48. The maximum atomic E-state index is 12.1. The van der Waals surface area contributed by atoms with Crippen LogP contribution in [0.15, 0.2) is 53.7 Å². The fraction of sp³-hybridized carbons (Fsp3) is 0.111. The first-order valence-corrected chi connectivity index (χ1v) is 9.28. The monoisotopic (exact) mass is 402 g/mol. The number of nitrogens with one attached hydrogen (secondary N) is 2. The first kappa shape index (κ1) is 18.9. The lowest BCUT2D eigenvalue weighted by Gasteiger charge is -2.05. The molecule has 3 aromatic rings. The van der Waals surface area contributed by atoms with Crippen LogP contribution in [0.25, 0.3) is 11.4 Å². The summed E-state index contributed by atoms with van der Waals surface area (Å²) in [7, 11) is 0. The zero-order valence-corrected chi connectivity index (χ0v) is 15.5. The fourth-order valence-corrected chi connectivity index (χ4v) is 2.98. The number of aliphatic carboxylic acids is 1. The van der Waals surface area contributed by atoms with E-state index < -0.39 is 5.97 Å². The molecule has 0 atom stereocenters. The number of benzene rings is 2. The number of halogens is 1. The van der Waals surface area contributed by atoms with Crippen LogP contribution in [0.2, 0.25) is 5.02 Å². The number of anilines is 1. The number of rotatable bonds is 7. The second-order valence-corrected chi connectivity index (χ2v) is 6.96. The van der Waals surface area contributed by atoms with Gasteiger partial charge in [-0.2, -0.15) is 0 Å². The van der Waals surface area contributed by atoms with Crippen molar-refractivity contribution in [2.24, 2.45) is 0 Å². The van der Waals surface area contributed by atoms with Gasteiger partial charge in [0.05, 0.1) is 12.2 Å². The van der Waals surface area contributed by atoms with Gasteiger partial charge in [0.1, 0.15) is 0 Å². The predicted molar refractivity (Wildman–Crippen MR) is 104 cm³/mol. The lowest BCUT2D eigenvalue weighted by molar-refractivity contribution is -0.136. The van der Waals surface area contributed by atoms with Crippen LogP contribution in [-0.2, 0) is 16.0 Å². The number of carbonyl (C=O) groups excluding carboxylic acids is 1. The summed E-state index contributed by atoms with van der Waals surface area (Å²) in [4.78, 5) is 27.1. The van der Waals surface area contributed by atoms with Gasteiger partial charge in [-0.1, -0.05) is 35.5 Å². The number of carboxylic acids is 1. The summed E-state index contributed by atoms with van der Waals surface area (Å²) in [6, 6.07) is 13.9. The molecule has 1 aromatic heterocycles. The Bertz CT molecular complexity index is 942. The maximum absolute atomic E-state index is 12.1. The zero-order valence-electron chi connectivity index (χ0n) is 14.0. The van der Waals surface area contributed by atoms with Crippen molar-refractivity contribution in [2.45, 2.75) is 11.6 Å². The van der Waals surface area contributed by atoms with Crippen molar-refractivity contribution in [2.75, 3.05) is 11.1 Å². The van der Waals surface area contributed by atoms with Crippen LogP contribution in [0.4, 0.5) is 5.69 Å². The van der Waals surface area contributed by atoms with Crippen LogP contribution in [0.3, 0.4) is 0 Å². The van der Waals surface area contributed by atoms with E-state index in [4.69, 9.17) is 16.7 Å². The lowest BCUT2D eigenvalue weighted by atomic mass is 10.1. The van der Waals surface area contributed by atoms with Gasteiger partial charge < -0.3 is 10.4 Å². The number of H-pyrrole nitrogens is 1.